The third-order valence-electron chi connectivity index (χ3n) is 2.27. The summed E-state index contributed by atoms with van der Waals surface area (Å²) in [6.07, 6.45) is 1.50. The van der Waals surface area contributed by atoms with E-state index in [4.69, 9.17) is 0 Å². The normalized spacial score (nSPS) is 9.74. The summed E-state index contributed by atoms with van der Waals surface area (Å²) in [6, 6.07) is 10.0. The molecule has 0 saturated carbocycles. The van der Waals surface area contributed by atoms with Crippen molar-refractivity contribution in [1.82, 2.24) is 10.2 Å². The summed E-state index contributed by atoms with van der Waals surface area (Å²) in [5, 5.41) is 12.7. The number of hydrogen-bond acceptors (Lipinski definition) is 4. The fourth-order valence-electron chi connectivity index (χ4n) is 1.46. The largest absolute Gasteiger partial charge is 0.326 e. The third-order valence-corrected chi connectivity index (χ3v) is 2.27. The number of carbonyl (C=O) groups is 2. The highest BCUT2D eigenvalue weighted by atomic mass is 16.2. The van der Waals surface area contributed by atoms with E-state index in [0.717, 1.165) is 0 Å². The first kappa shape index (κ1) is 12.7. The van der Waals surface area contributed by atoms with Crippen LogP contribution in [0.25, 0.3) is 0 Å². The Morgan fingerprint density at radius 1 is 1.00 bits per heavy atom. The molecule has 2 N–H and O–H groups in total. The molecule has 1 aromatic carbocycles. The Labute approximate surface area is 109 Å². The molecule has 1 aromatic heterocycles. The van der Waals surface area contributed by atoms with Crippen molar-refractivity contribution in [2.45, 2.75) is 6.92 Å². The number of aromatic nitrogens is 2. The topological polar surface area (TPSA) is 84.0 Å². The number of benzene rings is 1. The number of hydrogen-bond donors (Lipinski definition) is 2. The Hall–Kier alpha value is -2.76. The zero-order valence-corrected chi connectivity index (χ0v) is 10.3. The van der Waals surface area contributed by atoms with Gasteiger partial charge in [0, 0.05) is 24.5 Å². The molecule has 2 aromatic rings. The Morgan fingerprint density at radius 3 is 2.16 bits per heavy atom. The zero-order valence-electron chi connectivity index (χ0n) is 10.3. The van der Waals surface area contributed by atoms with Gasteiger partial charge in [0.05, 0.1) is 0 Å². The molecule has 0 saturated heterocycles. The summed E-state index contributed by atoms with van der Waals surface area (Å²) in [5.41, 5.74) is 1.53. The Balaban J connectivity index is 2.04. The molecule has 2 amide bonds. The van der Waals surface area contributed by atoms with Crippen LogP contribution in [0.15, 0.2) is 42.6 Å². The molecule has 19 heavy (non-hydrogen) atoms. The van der Waals surface area contributed by atoms with Gasteiger partial charge in [0.2, 0.25) is 5.91 Å². The van der Waals surface area contributed by atoms with Crippen molar-refractivity contribution < 1.29 is 9.59 Å². The molecule has 0 aliphatic rings. The second-order valence-electron chi connectivity index (χ2n) is 3.82. The highest BCUT2D eigenvalue weighted by Gasteiger charge is 2.07. The van der Waals surface area contributed by atoms with E-state index >= 15 is 0 Å². The molecule has 6 heteroatoms. The number of nitrogens with one attached hydrogen (secondary N) is 2. The van der Waals surface area contributed by atoms with Crippen molar-refractivity contribution in [2.75, 3.05) is 10.6 Å². The Morgan fingerprint density at radius 2 is 1.63 bits per heavy atom. The summed E-state index contributed by atoms with van der Waals surface area (Å²) in [5.74, 6) is -0.475. The van der Waals surface area contributed by atoms with Crippen LogP contribution < -0.4 is 10.6 Å². The molecule has 0 atom stereocenters. The molecule has 6 nitrogen and oxygen atoms in total. The minimum atomic E-state index is -0.333. The lowest BCUT2D eigenvalue weighted by Crippen LogP contribution is -2.14. The predicted octanol–water partition coefficient (Wildman–Crippen LogP) is 1.69. The molecule has 0 aliphatic carbocycles. The molecular weight excluding hydrogens is 244 g/mol. The lowest BCUT2D eigenvalue weighted by Gasteiger charge is -2.06. The van der Waals surface area contributed by atoms with Crippen LogP contribution in [0.4, 0.5) is 11.4 Å². The average molecular weight is 256 g/mol. The number of carbonyl (C=O) groups excluding carboxylic acids is 2. The number of amides is 2. The minimum absolute atomic E-state index is 0.142. The van der Waals surface area contributed by atoms with Crippen molar-refractivity contribution in [3.05, 3.63) is 48.3 Å². The monoisotopic (exact) mass is 256 g/mol. The average Bonchev–Trinajstić information content (AvgIpc) is 2.41. The SMILES string of the molecule is CC(=O)Nc1ccc(NC(=O)c2cccnn2)cc1. The van der Waals surface area contributed by atoms with E-state index in [0.29, 0.717) is 11.4 Å². The van der Waals surface area contributed by atoms with Crippen molar-refractivity contribution >= 4 is 23.2 Å². The number of anilines is 2. The van der Waals surface area contributed by atoms with E-state index in [-0.39, 0.29) is 17.5 Å². The van der Waals surface area contributed by atoms with Gasteiger partial charge in [0.1, 0.15) is 0 Å². The van der Waals surface area contributed by atoms with E-state index < -0.39 is 0 Å². The van der Waals surface area contributed by atoms with Crippen molar-refractivity contribution in [3.63, 3.8) is 0 Å². The molecule has 0 unspecified atom stereocenters. The maximum Gasteiger partial charge on any atom is 0.276 e. The number of nitrogens with zero attached hydrogens (tertiary/aromatic N) is 2. The summed E-state index contributed by atoms with van der Waals surface area (Å²) in [4.78, 5) is 22.7. The van der Waals surface area contributed by atoms with Crippen molar-refractivity contribution in [3.8, 4) is 0 Å². The van der Waals surface area contributed by atoms with Crippen LogP contribution in [0.2, 0.25) is 0 Å². The highest BCUT2D eigenvalue weighted by molar-refractivity contribution is 6.02. The van der Waals surface area contributed by atoms with Crippen LogP contribution in [0, 0.1) is 0 Å². The van der Waals surface area contributed by atoms with Gasteiger partial charge in [0.15, 0.2) is 5.69 Å². The van der Waals surface area contributed by atoms with Gasteiger partial charge in [0.25, 0.3) is 5.91 Å². The number of rotatable bonds is 3. The first-order valence-electron chi connectivity index (χ1n) is 5.62. The van der Waals surface area contributed by atoms with Crippen LogP contribution in [-0.2, 0) is 4.79 Å². The van der Waals surface area contributed by atoms with Crippen molar-refractivity contribution in [2.24, 2.45) is 0 Å². The summed E-state index contributed by atoms with van der Waals surface area (Å²) in [6.45, 7) is 1.43. The van der Waals surface area contributed by atoms with E-state index in [1.54, 1.807) is 36.4 Å². The second kappa shape index (κ2) is 5.72. The molecule has 96 valence electrons. The van der Waals surface area contributed by atoms with Crippen molar-refractivity contribution in [1.29, 1.82) is 0 Å². The van der Waals surface area contributed by atoms with Crippen LogP contribution >= 0.6 is 0 Å². The molecular formula is C13H12N4O2. The molecule has 0 radical (unpaired) electrons. The summed E-state index contributed by atoms with van der Waals surface area (Å²) < 4.78 is 0. The lowest BCUT2D eigenvalue weighted by atomic mass is 10.2. The predicted molar refractivity (Wildman–Crippen MR) is 70.7 cm³/mol. The molecule has 0 aliphatic heterocycles. The van der Waals surface area contributed by atoms with Crippen LogP contribution in [0.5, 0.6) is 0 Å². The lowest BCUT2D eigenvalue weighted by molar-refractivity contribution is -0.114. The quantitative estimate of drug-likeness (QED) is 0.875. The van der Waals surface area contributed by atoms with Gasteiger partial charge in [-0.2, -0.15) is 5.10 Å². The zero-order chi connectivity index (χ0) is 13.7. The Bertz CT molecular complexity index is 581. The van der Waals surface area contributed by atoms with E-state index in [1.165, 1.54) is 13.1 Å². The molecule has 2 rings (SSSR count). The second-order valence-corrected chi connectivity index (χ2v) is 3.82. The van der Waals surface area contributed by atoms with Gasteiger partial charge in [-0.25, -0.2) is 0 Å². The summed E-state index contributed by atoms with van der Waals surface area (Å²) in [7, 11) is 0. The molecule has 0 fully saturated rings. The smallest absolute Gasteiger partial charge is 0.276 e. The molecule has 0 bridgehead atoms. The molecule has 1 heterocycles. The highest BCUT2D eigenvalue weighted by Crippen LogP contribution is 2.14. The van der Waals surface area contributed by atoms with E-state index in [1.807, 2.05) is 0 Å². The molecule has 0 spiro atoms. The fraction of sp³-hybridized carbons (Fsp3) is 0.0769. The third kappa shape index (κ3) is 3.60. The standard InChI is InChI=1S/C13H12N4O2/c1-9(18)15-10-4-6-11(7-5-10)16-13(19)12-3-2-8-14-17-12/h2-8H,1H3,(H,15,18)(H,16,19). The maximum atomic E-state index is 11.8. The van der Waals surface area contributed by atoms with E-state index in [9.17, 15) is 9.59 Å². The van der Waals surface area contributed by atoms with Crippen LogP contribution in [0.1, 0.15) is 17.4 Å². The van der Waals surface area contributed by atoms with E-state index in [2.05, 4.69) is 20.8 Å². The van der Waals surface area contributed by atoms with Crippen LogP contribution in [0.3, 0.4) is 0 Å². The van der Waals surface area contributed by atoms with Gasteiger partial charge >= 0.3 is 0 Å². The van der Waals surface area contributed by atoms with Gasteiger partial charge in [-0.3, -0.25) is 9.59 Å². The Kier molecular flexibility index (Phi) is 3.82. The van der Waals surface area contributed by atoms with Crippen LogP contribution in [-0.4, -0.2) is 22.0 Å². The van der Waals surface area contributed by atoms with Gasteiger partial charge in [-0.1, -0.05) is 0 Å². The first-order valence-corrected chi connectivity index (χ1v) is 5.62. The van der Waals surface area contributed by atoms with Gasteiger partial charge in [-0.05, 0) is 36.4 Å². The minimum Gasteiger partial charge on any atom is -0.326 e. The fourth-order valence-corrected chi connectivity index (χ4v) is 1.46. The first-order chi connectivity index (χ1) is 9.15. The summed E-state index contributed by atoms with van der Waals surface area (Å²) >= 11 is 0. The van der Waals surface area contributed by atoms with Gasteiger partial charge in [-0.15, -0.1) is 5.10 Å². The maximum absolute atomic E-state index is 11.8. The van der Waals surface area contributed by atoms with Gasteiger partial charge < -0.3 is 10.6 Å².